The van der Waals surface area contributed by atoms with Gasteiger partial charge >= 0.3 is 0 Å². The quantitative estimate of drug-likeness (QED) is 0.516. The molecule has 1 aromatic carbocycles. The highest BCUT2D eigenvalue weighted by atomic mass is 16.3. The van der Waals surface area contributed by atoms with Crippen LogP contribution in [0.1, 0.15) is 16.2 Å². The smallest absolute Gasteiger partial charge is 0.272 e. The van der Waals surface area contributed by atoms with Gasteiger partial charge in [-0.25, -0.2) is 4.68 Å². The van der Waals surface area contributed by atoms with Crippen LogP contribution in [0.25, 0.3) is 17.1 Å². The molecule has 0 saturated carbocycles. The number of hydrogen-bond donors (Lipinski definition) is 0. The molecule has 6 nitrogen and oxygen atoms in total. The summed E-state index contributed by atoms with van der Waals surface area (Å²) in [6.45, 7) is 0.561. The molecule has 0 atom stereocenters. The minimum absolute atomic E-state index is 0.106. The fourth-order valence-electron chi connectivity index (χ4n) is 2.97. The molecule has 6 heteroatoms. The van der Waals surface area contributed by atoms with E-state index in [1.165, 1.54) is 0 Å². The van der Waals surface area contributed by atoms with E-state index in [1.807, 2.05) is 54.6 Å². The molecule has 3 heterocycles. The lowest BCUT2D eigenvalue weighted by molar-refractivity contribution is 0.0787. The number of aromatic nitrogens is 3. The zero-order chi connectivity index (χ0) is 19.3. The fourth-order valence-corrected chi connectivity index (χ4v) is 2.97. The summed E-state index contributed by atoms with van der Waals surface area (Å²) in [7, 11) is 1.79. The fraction of sp³-hybridized carbons (Fsp3) is 0.136. The third-order valence-electron chi connectivity index (χ3n) is 4.48. The Bertz CT molecular complexity index is 1040. The molecule has 3 aromatic heterocycles. The van der Waals surface area contributed by atoms with Gasteiger partial charge < -0.3 is 9.32 Å². The number of amides is 1. The summed E-state index contributed by atoms with van der Waals surface area (Å²) in [5.74, 6) is 0.518. The van der Waals surface area contributed by atoms with Crippen molar-refractivity contribution in [2.24, 2.45) is 0 Å². The summed E-state index contributed by atoms with van der Waals surface area (Å²) in [4.78, 5) is 19.2. The normalized spacial score (nSPS) is 10.8. The van der Waals surface area contributed by atoms with Crippen LogP contribution in [0.4, 0.5) is 0 Å². The Balaban J connectivity index is 1.62. The van der Waals surface area contributed by atoms with Gasteiger partial charge in [-0.2, -0.15) is 5.10 Å². The van der Waals surface area contributed by atoms with Crippen molar-refractivity contribution >= 4 is 5.91 Å². The lowest BCUT2D eigenvalue weighted by atomic mass is 10.2. The van der Waals surface area contributed by atoms with Gasteiger partial charge in [-0.05, 0) is 36.4 Å². The van der Waals surface area contributed by atoms with E-state index >= 15 is 0 Å². The molecule has 4 aromatic rings. The monoisotopic (exact) mass is 372 g/mol. The van der Waals surface area contributed by atoms with E-state index < -0.39 is 0 Å². The Labute approximate surface area is 163 Å². The predicted octanol–water partition coefficient (Wildman–Crippen LogP) is 3.84. The van der Waals surface area contributed by atoms with Gasteiger partial charge in [-0.3, -0.25) is 9.78 Å². The van der Waals surface area contributed by atoms with E-state index in [1.54, 1.807) is 41.2 Å². The molecule has 0 aliphatic rings. The topological polar surface area (TPSA) is 64.2 Å². The van der Waals surface area contributed by atoms with E-state index in [-0.39, 0.29) is 5.91 Å². The summed E-state index contributed by atoms with van der Waals surface area (Å²) in [6.07, 6.45) is 4.04. The lowest BCUT2D eigenvalue weighted by Gasteiger charge is -2.17. The molecular formula is C22H20N4O2. The van der Waals surface area contributed by atoms with Crippen LogP contribution in [-0.4, -0.2) is 39.2 Å². The van der Waals surface area contributed by atoms with E-state index in [9.17, 15) is 4.79 Å². The maximum absolute atomic E-state index is 13.2. The Hall–Kier alpha value is -3.67. The third-order valence-corrected chi connectivity index (χ3v) is 4.48. The summed E-state index contributed by atoms with van der Waals surface area (Å²) in [6, 6.07) is 20.8. The summed E-state index contributed by atoms with van der Waals surface area (Å²) >= 11 is 0. The van der Waals surface area contributed by atoms with E-state index in [4.69, 9.17) is 4.42 Å². The average Bonchev–Trinajstić information content (AvgIpc) is 3.43. The van der Waals surface area contributed by atoms with Crippen LogP contribution < -0.4 is 0 Å². The number of benzene rings is 1. The van der Waals surface area contributed by atoms with Crippen molar-refractivity contribution in [3.05, 3.63) is 90.6 Å². The van der Waals surface area contributed by atoms with Crippen molar-refractivity contribution in [3.63, 3.8) is 0 Å². The van der Waals surface area contributed by atoms with Crippen molar-refractivity contribution in [2.75, 3.05) is 13.6 Å². The number of pyridine rings is 1. The third kappa shape index (κ3) is 3.71. The SMILES string of the molecule is CN(CCc1ccccn1)C(=O)c1cc(-c2ccco2)nn1-c1ccccc1. The first-order valence-corrected chi connectivity index (χ1v) is 9.07. The molecule has 0 aliphatic heterocycles. The zero-order valence-electron chi connectivity index (χ0n) is 15.5. The predicted molar refractivity (Wildman–Crippen MR) is 106 cm³/mol. The Morgan fingerprint density at radius 3 is 2.61 bits per heavy atom. The molecule has 28 heavy (non-hydrogen) atoms. The van der Waals surface area contributed by atoms with Gasteiger partial charge in [-0.15, -0.1) is 0 Å². The van der Waals surface area contributed by atoms with E-state index in [2.05, 4.69) is 10.1 Å². The van der Waals surface area contributed by atoms with Crippen molar-refractivity contribution in [1.29, 1.82) is 0 Å². The molecule has 0 fully saturated rings. The summed E-state index contributed by atoms with van der Waals surface area (Å²) < 4.78 is 7.12. The zero-order valence-corrected chi connectivity index (χ0v) is 15.5. The second-order valence-electron chi connectivity index (χ2n) is 6.44. The number of hydrogen-bond acceptors (Lipinski definition) is 4. The molecule has 0 aliphatic carbocycles. The molecule has 1 amide bonds. The van der Waals surface area contributed by atoms with Gasteiger partial charge in [0.05, 0.1) is 12.0 Å². The highest BCUT2D eigenvalue weighted by molar-refractivity contribution is 5.94. The van der Waals surface area contributed by atoms with Crippen LogP contribution >= 0.6 is 0 Å². The van der Waals surface area contributed by atoms with E-state index in [0.29, 0.717) is 30.1 Å². The second-order valence-corrected chi connectivity index (χ2v) is 6.44. The van der Waals surface area contributed by atoms with Gasteiger partial charge in [0.2, 0.25) is 0 Å². The molecule has 0 N–H and O–H groups in total. The number of para-hydroxylation sites is 1. The van der Waals surface area contributed by atoms with Gasteiger partial charge in [0.1, 0.15) is 11.4 Å². The van der Waals surface area contributed by atoms with Crippen LogP contribution in [-0.2, 0) is 6.42 Å². The van der Waals surface area contributed by atoms with Crippen LogP contribution in [0.5, 0.6) is 0 Å². The maximum Gasteiger partial charge on any atom is 0.272 e. The Morgan fingerprint density at radius 1 is 1.07 bits per heavy atom. The standard InChI is InChI=1S/C22H20N4O2/c1-25(14-12-17-8-5-6-13-23-17)22(27)20-16-19(21-11-7-15-28-21)24-26(20)18-9-3-2-4-10-18/h2-11,13,15-16H,12,14H2,1H3. The van der Waals surface area contributed by atoms with Crippen LogP contribution in [0.15, 0.2) is 83.6 Å². The lowest BCUT2D eigenvalue weighted by Crippen LogP contribution is -2.30. The molecule has 4 rings (SSSR count). The Morgan fingerprint density at radius 2 is 1.89 bits per heavy atom. The van der Waals surface area contributed by atoms with Gasteiger partial charge in [-0.1, -0.05) is 24.3 Å². The number of nitrogens with zero attached hydrogens (tertiary/aromatic N) is 4. The molecule has 0 unspecified atom stereocenters. The molecule has 0 bridgehead atoms. The number of likely N-dealkylation sites (N-methyl/N-ethyl adjacent to an activating group) is 1. The van der Waals surface area contributed by atoms with Crippen LogP contribution in [0, 0.1) is 0 Å². The summed E-state index contributed by atoms with van der Waals surface area (Å²) in [5, 5.41) is 4.61. The molecule has 0 saturated heterocycles. The largest absolute Gasteiger partial charge is 0.463 e. The van der Waals surface area contributed by atoms with Crippen LogP contribution in [0.3, 0.4) is 0 Å². The highest BCUT2D eigenvalue weighted by Gasteiger charge is 2.21. The van der Waals surface area contributed by atoms with Gasteiger partial charge in [0, 0.05) is 38.0 Å². The minimum Gasteiger partial charge on any atom is -0.463 e. The van der Waals surface area contributed by atoms with E-state index in [0.717, 1.165) is 11.4 Å². The number of rotatable bonds is 6. The first kappa shape index (κ1) is 17.7. The first-order valence-electron chi connectivity index (χ1n) is 9.07. The highest BCUT2D eigenvalue weighted by Crippen LogP contribution is 2.23. The Kier molecular flexibility index (Phi) is 5.01. The minimum atomic E-state index is -0.106. The van der Waals surface area contributed by atoms with Gasteiger partial charge in [0.15, 0.2) is 5.76 Å². The molecule has 0 radical (unpaired) electrons. The molecule has 140 valence electrons. The first-order chi connectivity index (χ1) is 13.7. The maximum atomic E-state index is 13.2. The summed E-state index contributed by atoms with van der Waals surface area (Å²) in [5.41, 5.74) is 2.88. The van der Waals surface area contributed by atoms with Crippen molar-refractivity contribution in [2.45, 2.75) is 6.42 Å². The van der Waals surface area contributed by atoms with Crippen molar-refractivity contribution in [3.8, 4) is 17.1 Å². The number of carbonyl (C=O) groups is 1. The van der Waals surface area contributed by atoms with Gasteiger partial charge in [0.25, 0.3) is 5.91 Å². The van der Waals surface area contributed by atoms with Crippen LogP contribution in [0.2, 0.25) is 0 Å². The number of carbonyl (C=O) groups excluding carboxylic acids is 1. The molecule has 0 spiro atoms. The van der Waals surface area contributed by atoms with Crippen molar-refractivity contribution in [1.82, 2.24) is 19.7 Å². The number of furan rings is 1. The average molecular weight is 372 g/mol. The van der Waals surface area contributed by atoms with Crippen molar-refractivity contribution < 1.29 is 9.21 Å². The molecular weight excluding hydrogens is 352 g/mol. The second kappa shape index (κ2) is 7.92.